The molecule has 1 aliphatic carbocycles. The van der Waals surface area contributed by atoms with Crippen molar-refractivity contribution in [1.29, 1.82) is 0 Å². The van der Waals surface area contributed by atoms with Crippen molar-refractivity contribution in [3.05, 3.63) is 0 Å². The van der Waals surface area contributed by atoms with E-state index in [4.69, 9.17) is 0 Å². The Morgan fingerprint density at radius 2 is 1.83 bits per heavy atom. The van der Waals surface area contributed by atoms with Crippen LogP contribution < -0.4 is 5.32 Å². The molecule has 0 aromatic carbocycles. The highest BCUT2D eigenvalue weighted by molar-refractivity contribution is 4.72. The lowest BCUT2D eigenvalue weighted by Gasteiger charge is -2.25. The molecule has 0 atom stereocenters. The Hall–Kier alpha value is -0.330. The summed E-state index contributed by atoms with van der Waals surface area (Å²) in [5.41, 5.74) is 0. The van der Waals surface area contributed by atoms with Gasteiger partial charge in [-0.2, -0.15) is 13.2 Å². The van der Waals surface area contributed by atoms with Crippen molar-refractivity contribution in [2.45, 2.75) is 44.4 Å². The molecule has 18 heavy (non-hydrogen) atoms. The van der Waals surface area contributed by atoms with Gasteiger partial charge in [0, 0.05) is 6.61 Å². The van der Waals surface area contributed by atoms with E-state index < -0.39 is 12.8 Å². The second kappa shape index (κ2) is 7.96. The summed E-state index contributed by atoms with van der Waals surface area (Å²) in [6.45, 7) is 0.534. The van der Waals surface area contributed by atoms with E-state index in [1.165, 1.54) is 0 Å². The molecule has 0 unspecified atom stereocenters. The second-order valence-corrected chi connectivity index (χ2v) is 4.90. The highest BCUT2D eigenvalue weighted by atomic mass is 19.4. The number of halogens is 3. The van der Waals surface area contributed by atoms with E-state index in [0.29, 0.717) is 18.9 Å². The largest absolute Gasteiger partial charge is 0.411 e. The molecule has 0 amide bonds. The first kappa shape index (κ1) is 15.7. The summed E-state index contributed by atoms with van der Waals surface area (Å²) in [7, 11) is 0. The zero-order valence-electron chi connectivity index (χ0n) is 10.5. The molecule has 0 heterocycles. The van der Waals surface area contributed by atoms with Crippen LogP contribution in [0.3, 0.4) is 0 Å². The SMILES string of the molecule is OC1CCC(CNCCCOCC(F)(F)F)CC1. The maximum atomic E-state index is 11.7. The molecule has 0 bridgehead atoms. The first-order valence-corrected chi connectivity index (χ1v) is 6.50. The fourth-order valence-electron chi connectivity index (χ4n) is 2.14. The standard InChI is InChI=1S/C12H22F3NO2/c13-12(14,15)9-18-7-1-6-16-8-10-2-4-11(17)5-3-10/h10-11,16-17H,1-9H2. The van der Waals surface area contributed by atoms with Crippen LogP contribution in [0.15, 0.2) is 0 Å². The summed E-state index contributed by atoms with van der Waals surface area (Å²) in [4.78, 5) is 0. The molecular weight excluding hydrogens is 247 g/mol. The van der Waals surface area contributed by atoms with Crippen LogP contribution in [0.1, 0.15) is 32.1 Å². The van der Waals surface area contributed by atoms with Crippen LogP contribution in [0.5, 0.6) is 0 Å². The van der Waals surface area contributed by atoms with E-state index in [1.54, 1.807) is 0 Å². The van der Waals surface area contributed by atoms with E-state index in [-0.39, 0.29) is 12.7 Å². The van der Waals surface area contributed by atoms with Gasteiger partial charge in [0.2, 0.25) is 0 Å². The molecule has 1 saturated carbocycles. The van der Waals surface area contributed by atoms with Crippen LogP contribution in [0, 0.1) is 5.92 Å². The molecule has 2 N–H and O–H groups in total. The van der Waals surface area contributed by atoms with Crippen LogP contribution in [0.2, 0.25) is 0 Å². The Kier molecular flexibility index (Phi) is 6.96. The number of alkyl halides is 3. The minimum Gasteiger partial charge on any atom is -0.393 e. The normalized spacial score (nSPS) is 25.3. The third kappa shape index (κ3) is 7.89. The summed E-state index contributed by atoms with van der Waals surface area (Å²) in [6.07, 6.45) is -0.00142. The molecular formula is C12H22F3NO2. The number of ether oxygens (including phenoxy) is 1. The summed E-state index contributed by atoms with van der Waals surface area (Å²) in [6, 6.07) is 0. The summed E-state index contributed by atoms with van der Waals surface area (Å²) >= 11 is 0. The van der Waals surface area contributed by atoms with Crippen molar-refractivity contribution in [2.24, 2.45) is 5.92 Å². The Morgan fingerprint density at radius 1 is 1.17 bits per heavy atom. The average Bonchev–Trinajstić information content (AvgIpc) is 2.29. The van der Waals surface area contributed by atoms with Crippen molar-refractivity contribution in [3.8, 4) is 0 Å². The van der Waals surface area contributed by atoms with E-state index in [9.17, 15) is 18.3 Å². The molecule has 108 valence electrons. The zero-order valence-corrected chi connectivity index (χ0v) is 10.5. The third-order valence-electron chi connectivity index (χ3n) is 3.16. The molecule has 1 rings (SSSR count). The molecule has 1 fully saturated rings. The number of hydrogen-bond acceptors (Lipinski definition) is 3. The first-order chi connectivity index (χ1) is 8.47. The summed E-state index contributed by atoms with van der Waals surface area (Å²) < 4.78 is 39.7. The second-order valence-electron chi connectivity index (χ2n) is 4.90. The zero-order chi connectivity index (χ0) is 13.4. The number of hydrogen-bond donors (Lipinski definition) is 2. The van der Waals surface area contributed by atoms with Crippen LogP contribution >= 0.6 is 0 Å². The van der Waals surface area contributed by atoms with Crippen molar-refractivity contribution in [2.75, 3.05) is 26.3 Å². The number of nitrogens with one attached hydrogen (secondary N) is 1. The van der Waals surface area contributed by atoms with Crippen LogP contribution in [-0.4, -0.2) is 43.7 Å². The molecule has 0 aliphatic heterocycles. The van der Waals surface area contributed by atoms with E-state index in [2.05, 4.69) is 10.1 Å². The minimum absolute atomic E-state index is 0.135. The van der Waals surface area contributed by atoms with E-state index in [0.717, 1.165) is 32.2 Å². The number of rotatable bonds is 7. The van der Waals surface area contributed by atoms with Gasteiger partial charge in [0.1, 0.15) is 6.61 Å². The van der Waals surface area contributed by atoms with Gasteiger partial charge in [0.05, 0.1) is 6.10 Å². The quantitative estimate of drug-likeness (QED) is 0.695. The Bertz CT molecular complexity index is 216. The fourth-order valence-corrected chi connectivity index (χ4v) is 2.14. The van der Waals surface area contributed by atoms with Crippen LogP contribution in [0.4, 0.5) is 13.2 Å². The van der Waals surface area contributed by atoms with Gasteiger partial charge in [-0.3, -0.25) is 0 Å². The molecule has 0 aromatic rings. The topological polar surface area (TPSA) is 41.5 Å². The monoisotopic (exact) mass is 269 g/mol. The van der Waals surface area contributed by atoms with Gasteiger partial charge in [0.15, 0.2) is 0 Å². The molecule has 0 saturated heterocycles. The van der Waals surface area contributed by atoms with Gasteiger partial charge in [-0.05, 0) is 51.1 Å². The van der Waals surface area contributed by atoms with Gasteiger partial charge in [-0.25, -0.2) is 0 Å². The number of aliphatic hydroxyl groups excluding tert-OH is 1. The Balaban J connectivity index is 1.87. The summed E-state index contributed by atoms with van der Waals surface area (Å²) in [5.74, 6) is 0.587. The maximum Gasteiger partial charge on any atom is 0.411 e. The van der Waals surface area contributed by atoms with Gasteiger partial charge in [-0.1, -0.05) is 0 Å². The lowest BCUT2D eigenvalue weighted by Crippen LogP contribution is -2.29. The molecule has 3 nitrogen and oxygen atoms in total. The molecule has 0 radical (unpaired) electrons. The highest BCUT2D eigenvalue weighted by Gasteiger charge is 2.27. The van der Waals surface area contributed by atoms with E-state index >= 15 is 0 Å². The predicted molar refractivity (Wildman–Crippen MR) is 62.3 cm³/mol. The molecule has 6 heteroatoms. The Labute approximate surface area is 106 Å². The van der Waals surface area contributed by atoms with Gasteiger partial charge in [0.25, 0.3) is 0 Å². The van der Waals surface area contributed by atoms with Gasteiger partial charge in [-0.15, -0.1) is 0 Å². The average molecular weight is 269 g/mol. The lowest BCUT2D eigenvalue weighted by atomic mass is 9.87. The molecule has 0 aromatic heterocycles. The smallest absolute Gasteiger partial charge is 0.393 e. The van der Waals surface area contributed by atoms with Crippen LogP contribution in [0.25, 0.3) is 0 Å². The summed E-state index contributed by atoms with van der Waals surface area (Å²) in [5, 5.41) is 12.6. The van der Waals surface area contributed by atoms with Crippen molar-refractivity contribution in [1.82, 2.24) is 5.32 Å². The predicted octanol–water partition coefficient (Wildman–Crippen LogP) is 2.10. The maximum absolute atomic E-state index is 11.7. The van der Waals surface area contributed by atoms with Crippen molar-refractivity contribution < 1.29 is 23.0 Å². The lowest BCUT2D eigenvalue weighted by molar-refractivity contribution is -0.173. The van der Waals surface area contributed by atoms with Crippen molar-refractivity contribution in [3.63, 3.8) is 0 Å². The van der Waals surface area contributed by atoms with E-state index in [1.807, 2.05) is 0 Å². The van der Waals surface area contributed by atoms with Crippen LogP contribution in [-0.2, 0) is 4.74 Å². The molecule has 0 spiro atoms. The Morgan fingerprint density at radius 3 is 2.44 bits per heavy atom. The van der Waals surface area contributed by atoms with Crippen molar-refractivity contribution >= 4 is 0 Å². The fraction of sp³-hybridized carbons (Fsp3) is 1.00. The first-order valence-electron chi connectivity index (χ1n) is 6.50. The number of aliphatic hydroxyl groups is 1. The van der Waals surface area contributed by atoms with Gasteiger partial charge >= 0.3 is 6.18 Å². The minimum atomic E-state index is -4.23. The van der Waals surface area contributed by atoms with Gasteiger partial charge < -0.3 is 15.2 Å². The molecule has 1 aliphatic rings. The highest BCUT2D eigenvalue weighted by Crippen LogP contribution is 2.23. The third-order valence-corrected chi connectivity index (χ3v) is 3.16.